The molecular weight excluding hydrogens is 435 g/mol. The van der Waals surface area contributed by atoms with Crippen LogP contribution in [0.5, 0.6) is 0 Å². The maximum Gasteiger partial charge on any atom is 0.416 e. The van der Waals surface area contributed by atoms with Crippen LogP contribution in [0.1, 0.15) is 30.2 Å². The number of aliphatic hydroxyl groups excluding tert-OH is 1. The van der Waals surface area contributed by atoms with Gasteiger partial charge in [0.15, 0.2) is 5.82 Å². The minimum Gasteiger partial charge on any atom is -0.376 e. The lowest BCUT2D eigenvalue weighted by Crippen LogP contribution is -2.32. The molecule has 33 heavy (non-hydrogen) atoms. The summed E-state index contributed by atoms with van der Waals surface area (Å²) in [6, 6.07) is 7.10. The fourth-order valence-corrected chi connectivity index (χ4v) is 3.73. The van der Waals surface area contributed by atoms with E-state index in [1.54, 1.807) is 17.2 Å². The van der Waals surface area contributed by atoms with Gasteiger partial charge in [-0.1, -0.05) is 25.6 Å². The van der Waals surface area contributed by atoms with Gasteiger partial charge in [-0.15, -0.1) is 0 Å². The third-order valence-electron chi connectivity index (χ3n) is 5.19. The molecule has 170 valence electrons. The summed E-state index contributed by atoms with van der Waals surface area (Å²) >= 11 is 0. The lowest BCUT2D eigenvalue weighted by Gasteiger charge is -2.27. The molecule has 0 unspecified atom stereocenters. The van der Waals surface area contributed by atoms with Crippen LogP contribution < -0.4 is 0 Å². The Hall–Kier alpha value is -3.91. The average Bonchev–Trinajstić information content (AvgIpc) is 3.39. The van der Waals surface area contributed by atoms with Crippen molar-refractivity contribution in [1.29, 1.82) is 5.26 Å². The minimum absolute atomic E-state index is 0.122. The molecule has 0 atom stereocenters. The van der Waals surface area contributed by atoms with Gasteiger partial charge in [0.25, 0.3) is 0 Å². The van der Waals surface area contributed by atoms with Crippen molar-refractivity contribution in [3.8, 4) is 17.5 Å². The fraction of sp³-hybridized carbons (Fsp3) is 0.273. The maximum atomic E-state index is 13.0. The van der Waals surface area contributed by atoms with E-state index >= 15 is 0 Å². The third kappa shape index (κ3) is 4.12. The van der Waals surface area contributed by atoms with Crippen LogP contribution in [0, 0.1) is 11.3 Å². The Morgan fingerprint density at radius 1 is 1.27 bits per heavy atom. The van der Waals surface area contributed by atoms with Crippen LogP contribution >= 0.6 is 0 Å². The van der Waals surface area contributed by atoms with Crippen molar-refractivity contribution in [3.05, 3.63) is 60.1 Å². The highest BCUT2D eigenvalue weighted by atomic mass is 19.4. The standard InChI is InChI=1S/C22H20F3N7O/c1-3-7-31-14(2)19-20(28-18(31)9-26)29-21(32(19)13-33)16-10-27-30(12-16)11-15-5-4-6-17(8-15)22(23,24)25/h4-6,8,10,12,33H,2-3,7,11,13H2,1H3. The molecule has 1 aliphatic heterocycles. The van der Waals surface area contributed by atoms with Crippen molar-refractivity contribution in [2.75, 3.05) is 6.54 Å². The number of hydrogen-bond acceptors (Lipinski definition) is 6. The first-order valence-corrected chi connectivity index (χ1v) is 10.1. The number of benzene rings is 1. The van der Waals surface area contributed by atoms with Gasteiger partial charge >= 0.3 is 6.18 Å². The molecule has 0 radical (unpaired) electrons. The molecule has 3 aromatic rings. The Bertz CT molecular complexity index is 1280. The number of aromatic nitrogens is 4. The summed E-state index contributed by atoms with van der Waals surface area (Å²) in [5.41, 5.74) is 1.25. The number of hydrogen-bond donors (Lipinski definition) is 1. The summed E-state index contributed by atoms with van der Waals surface area (Å²) in [6.45, 7) is 6.28. The predicted molar refractivity (Wildman–Crippen MR) is 115 cm³/mol. The zero-order valence-corrected chi connectivity index (χ0v) is 17.7. The van der Waals surface area contributed by atoms with Gasteiger partial charge < -0.3 is 10.0 Å². The summed E-state index contributed by atoms with van der Waals surface area (Å²) in [6.07, 6.45) is -0.526. The Morgan fingerprint density at radius 3 is 2.73 bits per heavy atom. The van der Waals surface area contributed by atoms with Crippen LogP contribution in [-0.4, -0.2) is 41.7 Å². The quantitative estimate of drug-likeness (QED) is 0.606. The van der Waals surface area contributed by atoms with E-state index in [2.05, 4.69) is 21.7 Å². The average molecular weight is 455 g/mol. The minimum atomic E-state index is -4.42. The van der Waals surface area contributed by atoms with Gasteiger partial charge in [-0.2, -0.15) is 28.5 Å². The molecule has 0 aliphatic carbocycles. The van der Waals surface area contributed by atoms with Crippen molar-refractivity contribution in [3.63, 3.8) is 0 Å². The van der Waals surface area contributed by atoms with E-state index in [0.29, 0.717) is 34.9 Å². The molecule has 4 rings (SSSR count). The highest BCUT2D eigenvalue weighted by molar-refractivity contribution is 6.05. The first-order chi connectivity index (χ1) is 15.8. The Balaban J connectivity index is 1.68. The number of alkyl halides is 3. The lowest BCUT2D eigenvalue weighted by atomic mass is 10.1. The van der Waals surface area contributed by atoms with Gasteiger partial charge in [0, 0.05) is 12.7 Å². The molecule has 3 heterocycles. The highest BCUT2D eigenvalue weighted by Gasteiger charge is 2.31. The van der Waals surface area contributed by atoms with E-state index < -0.39 is 18.5 Å². The van der Waals surface area contributed by atoms with Crippen LogP contribution in [0.15, 0.2) is 48.2 Å². The zero-order chi connectivity index (χ0) is 23.8. The second kappa shape index (κ2) is 8.55. The zero-order valence-electron chi connectivity index (χ0n) is 17.7. The normalized spacial score (nSPS) is 13.6. The molecule has 1 aromatic carbocycles. The van der Waals surface area contributed by atoms with E-state index in [9.17, 15) is 23.5 Å². The second-order valence-electron chi connectivity index (χ2n) is 7.45. The number of amidine groups is 1. The van der Waals surface area contributed by atoms with Gasteiger partial charge in [-0.3, -0.25) is 9.25 Å². The fourth-order valence-electron chi connectivity index (χ4n) is 3.73. The molecule has 2 aromatic heterocycles. The summed E-state index contributed by atoms with van der Waals surface area (Å²) in [5, 5.41) is 23.7. The van der Waals surface area contributed by atoms with Crippen LogP contribution in [-0.2, 0) is 19.5 Å². The third-order valence-corrected chi connectivity index (χ3v) is 5.19. The largest absolute Gasteiger partial charge is 0.416 e. The molecule has 0 amide bonds. The SMILES string of the molecule is C=C1c2c(nc(-c3cnn(Cc4cccc(C(F)(F)F)c4)c3)n2CO)N=C(C#N)N1CCC. The van der Waals surface area contributed by atoms with Crippen LogP contribution in [0.3, 0.4) is 0 Å². The van der Waals surface area contributed by atoms with E-state index in [4.69, 9.17) is 0 Å². The van der Waals surface area contributed by atoms with Gasteiger partial charge in [-0.05, 0) is 24.1 Å². The number of nitrogens with zero attached hydrogens (tertiary/aromatic N) is 7. The molecule has 1 aliphatic rings. The van der Waals surface area contributed by atoms with Crippen molar-refractivity contribution < 1.29 is 18.3 Å². The number of fused-ring (bicyclic) bond motifs is 1. The van der Waals surface area contributed by atoms with E-state index in [1.165, 1.54) is 21.5 Å². The Labute approximate surface area is 187 Å². The molecule has 1 N–H and O–H groups in total. The summed E-state index contributed by atoms with van der Waals surface area (Å²) in [5.74, 6) is 0.792. The summed E-state index contributed by atoms with van der Waals surface area (Å²) in [4.78, 5) is 10.5. The molecule has 0 bridgehead atoms. The van der Waals surface area contributed by atoms with Crippen LogP contribution in [0.25, 0.3) is 17.1 Å². The predicted octanol–water partition coefficient (Wildman–Crippen LogP) is 4.01. The molecule has 8 nitrogen and oxygen atoms in total. The van der Waals surface area contributed by atoms with E-state index in [-0.39, 0.29) is 18.2 Å². The van der Waals surface area contributed by atoms with Crippen LogP contribution in [0.4, 0.5) is 19.0 Å². The molecule has 0 spiro atoms. The first-order valence-electron chi connectivity index (χ1n) is 10.1. The van der Waals surface area contributed by atoms with Crippen LogP contribution in [0.2, 0.25) is 0 Å². The number of nitriles is 1. The number of aliphatic hydroxyl groups is 1. The lowest BCUT2D eigenvalue weighted by molar-refractivity contribution is -0.137. The smallest absolute Gasteiger partial charge is 0.376 e. The van der Waals surface area contributed by atoms with Gasteiger partial charge in [0.05, 0.1) is 29.6 Å². The van der Waals surface area contributed by atoms with Crippen molar-refractivity contribution in [2.24, 2.45) is 4.99 Å². The number of rotatable bonds is 6. The molecule has 0 saturated heterocycles. The van der Waals surface area contributed by atoms with E-state index in [0.717, 1.165) is 18.6 Å². The first kappa shape index (κ1) is 22.3. The maximum absolute atomic E-state index is 13.0. The molecule has 11 heteroatoms. The molecule has 0 fully saturated rings. The van der Waals surface area contributed by atoms with Crippen molar-refractivity contribution in [1.82, 2.24) is 24.2 Å². The Kier molecular flexibility index (Phi) is 5.78. The number of imidazole rings is 1. The van der Waals surface area contributed by atoms with Crippen molar-refractivity contribution >= 4 is 17.4 Å². The highest BCUT2D eigenvalue weighted by Crippen LogP contribution is 2.36. The van der Waals surface area contributed by atoms with Crippen molar-refractivity contribution in [2.45, 2.75) is 32.8 Å². The Morgan fingerprint density at radius 2 is 2.06 bits per heavy atom. The molecular formula is C22H20F3N7O. The number of aliphatic imine (C=N–C) groups is 1. The topological polar surface area (TPSA) is 95.3 Å². The number of halogens is 3. The molecule has 0 saturated carbocycles. The van der Waals surface area contributed by atoms with Gasteiger partial charge in [0.2, 0.25) is 5.84 Å². The van der Waals surface area contributed by atoms with Gasteiger partial charge in [-0.25, -0.2) is 4.98 Å². The van der Waals surface area contributed by atoms with Gasteiger partial charge in [0.1, 0.15) is 24.3 Å². The summed E-state index contributed by atoms with van der Waals surface area (Å²) < 4.78 is 42.0. The monoisotopic (exact) mass is 455 g/mol. The van der Waals surface area contributed by atoms with E-state index in [1.807, 2.05) is 13.0 Å². The second-order valence-corrected chi connectivity index (χ2v) is 7.45. The summed E-state index contributed by atoms with van der Waals surface area (Å²) in [7, 11) is 0.